The summed E-state index contributed by atoms with van der Waals surface area (Å²) in [6, 6.07) is 6.37. The third kappa shape index (κ3) is 2.55. The van der Waals surface area contributed by atoms with E-state index in [0.29, 0.717) is 6.04 Å². The molecular weight excluding hydrogens is 220 g/mol. The standard InChI is InChI=1S/C12H18N2OS/c1-9-11(13)3-2-4-12(9)14-10-5-7-16(15)8-6-10/h2-4,10,14H,5-8,13H2,1H3. The van der Waals surface area contributed by atoms with Gasteiger partial charge in [-0.15, -0.1) is 0 Å². The Balaban J connectivity index is 2.04. The first-order chi connectivity index (χ1) is 7.66. The minimum absolute atomic E-state index is 0.443. The Hall–Kier alpha value is -1.03. The Kier molecular flexibility index (Phi) is 3.49. The van der Waals surface area contributed by atoms with Crippen molar-refractivity contribution in [2.24, 2.45) is 0 Å². The quantitative estimate of drug-likeness (QED) is 0.774. The van der Waals surface area contributed by atoms with Gasteiger partial charge in [0.05, 0.1) is 0 Å². The van der Waals surface area contributed by atoms with E-state index in [4.69, 9.17) is 5.73 Å². The van der Waals surface area contributed by atoms with Gasteiger partial charge in [-0.1, -0.05) is 6.07 Å². The molecule has 1 saturated heterocycles. The summed E-state index contributed by atoms with van der Waals surface area (Å²) in [5.74, 6) is 1.64. The van der Waals surface area contributed by atoms with Gasteiger partial charge in [0.25, 0.3) is 0 Å². The maximum atomic E-state index is 11.2. The molecule has 0 amide bonds. The molecule has 0 saturated carbocycles. The summed E-state index contributed by atoms with van der Waals surface area (Å²) in [5, 5.41) is 3.50. The number of nitrogens with one attached hydrogen (secondary N) is 1. The summed E-state index contributed by atoms with van der Waals surface area (Å²) >= 11 is 0. The van der Waals surface area contributed by atoms with Crippen molar-refractivity contribution in [3.63, 3.8) is 0 Å². The molecule has 1 aromatic rings. The molecule has 1 aliphatic rings. The predicted molar refractivity (Wildman–Crippen MR) is 70.1 cm³/mol. The fraction of sp³-hybridized carbons (Fsp3) is 0.500. The topological polar surface area (TPSA) is 55.1 Å². The van der Waals surface area contributed by atoms with Gasteiger partial charge in [-0.25, -0.2) is 0 Å². The van der Waals surface area contributed by atoms with Gasteiger partial charge in [0.15, 0.2) is 0 Å². The molecule has 1 heterocycles. The molecule has 3 nitrogen and oxygen atoms in total. The van der Waals surface area contributed by atoms with Crippen molar-refractivity contribution in [3.8, 4) is 0 Å². The van der Waals surface area contributed by atoms with Crippen LogP contribution in [0.3, 0.4) is 0 Å². The van der Waals surface area contributed by atoms with Crippen LogP contribution in [0.2, 0.25) is 0 Å². The zero-order valence-corrected chi connectivity index (χ0v) is 10.3. The summed E-state index contributed by atoms with van der Waals surface area (Å²) in [5.41, 5.74) is 8.90. The van der Waals surface area contributed by atoms with Crippen LogP contribution in [0.5, 0.6) is 0 Å². The first-order valence-electron chi connectivity index (χ1n) is 5.63. The molecule has 16 heavy (non-hydrogen) atoms. The third-order valence-electron chi connectivity index (χ3n) is 3.12. The van der Waals surface area contributed by atoms with Crippen LogP contribution < -0.4 is 11.1 Å². The minimum Gasteiger partial charge on any atom is -0.398 e. The van der Waals surface area contributed by atoms with Crippen molar-refractivity contribution in [3.05, 3.63) is 23.8 Å². The summed E-state index contributed by atoms with van der Waals surface area (Å²) in [6.07, 6.45) is 1.97. The summed E-state index contributed by atoms with van der Waals surface area (Å²) in [4.78, 5) is 0. The average molecular weight is 238 g/mol. The molecule has 0 atom stereocenters. The van der Waals surface area contributed by atoms with Crippen LogP contribution in [0.25, 0.3) is 0 Å². The molecule has 3 N–H and O–H groups in total. The second-order valence-corrected chi connectivity index (χ2v) is 5.98. The van der Waals surface area contributed by atoms with Gasteiger partial charge >= 0.3 is 0 Å². The smallest absolute Gasteiger partial charge is 0.0392 e. The number of anilines is 2. The average Bonchev–Trinajstić information content (AvgIpc) is 2.28. The van der Waals surface area contributed by atoms with Crippen LogP contribution in [0.15, 0.2) is 18.2 Å². The molecule has 0 unspecified atom stereocenters. The maximum Gasteiger partial charge on any atom is 0.0392 e. The van der Waals surface area contributed by atoms with E-state index in [9.17, 15) is 4.21 Å². The van der Waals surface area contributed by atoms with E-state index >= 15 is 0 Å². The van der Waals surface area contributed by atoms with Gasteiger partial charge in [-0.05, 0) is 37.5 Å². The molecular formula is C12H18N2OS. The summed E-state index contributed by atoms with van der Waals surface area (Å²) in [6.45, 7) is 2.03. The second kappa shape index (κ2) is 4.87. The van der Waals surface area contributed by atoms with E-state index < -0.39 is 10.8 Å². The lowest BCUT2D eigenvalue weighted by molar-refractivity contribution is 0.624. The molecule has 0 radical (unpaired) electrons. The van der Waals surface area contributed by atoms with Crippen LogP contribution >= 0.6 is 0 Å². The highest BCUT2D eigenvalue weighted by atomic mass is 32.2. The third-order valence-corrected chi connectivity index (χ3v) is 4.51. The van der Waals surface area contributed by atoms with Crippen molar-refractivity contribution in [2.45, 2.75) is 25.8 Å². The molecule has 0 spiro atoms. The van der Waals surface area contributed by atoms with Crippen molar-refractivity contribution in [1.29, 1.82) is 0 Å². The Morgan fingerprint density at radius 3 is 2.75 bits per heavy atom. The van der Waals surface area contributed by atoms with Crippen LogP contribution in [-0.2, 0) is 10.8 Å². The van der Waals surface area contributed by atoms with Crippen LogP contribution in [0.1, 0.15) is 18.4 Å². The second-order valence-electron chi connectivity index (χ2n) is 4.29. The zero-order chi connectivity index (χ0) is 11.5. The molecule has 2 rings (SSSR count). The lowest BCUT2D eigenvalue weighted by Gasteiger charge is -2.24. The lowest BCUT2D eigenvalue weighted by atomic mass is 10.1. The summed E-state index contributed by atoms with van der Waals surface area (Å²) < 4.78 is 11.2. The Labute approximate surface area is 98.9 Å². The lowest BCUT2D eigenvalue weighted by Crippen LogP contribution is -2.29. The molecule has 0 aromatic heterocycles. The van der Waals surface area contributed by atoms with Crippen molar-refractivity contribution in [1.82, 2.24) is 0 Å². The molecule has 4 heteroatoms. The van der Waals surface area contributed by atoms with Gasteiger partial charge in [-0.2, -0.15) is 0 Å². The van der Waals surface area contributed by atoms with Crippen LogP contribution in [0.4, 0.5) is 11.4 Å². The first kappa shape index (κ1) is 11.5. The molecule has 1 aliphatic heterocycles. The highest BCUT2D eigenvalue weighted by molar-refractivity contribution is 7.85. The molecule has 1 aromatic carbocycles. The number of hydrogen-bond donors (Lipinski definition) is 2. The SMILES string of the molecule is Cc1c(N)cccc1NC1CCS(=O)CC1. The first-order valence-corrected chi connectivity index (χ1v) is 7.12. The van der Waals surface area contributed by atoms with Crippen molar-refractivity contribution < 1.29 is 4.21 Å². The van der Waals surface area contributed by atoms with Gasteiger partial charge in [0, 0.05) is 39.7 Å². The van der Waals surface area contributed by atoms with E-state index in [2.05, 4.69) is 11.4 Å². The van der Waals surface area contributed by atoms with Crippen molar-refractivity contribution in [2.75, 3.05) is 22.6 Å². The van der Waals surface area contributed by atoms with Gasteiger partial charge in [0.1, 0.15) is 0 Å². The largest absolute Gasteiger partial charge is 0.398 e. The van der Waals surface area contributed by atoms with Gasteiger partial charge in [-0.3, -0.25) is 4.21 Å². The zero-order valence-electron chi connectivity index (χ0n) is 9.53. The van der Waals surface area contributed by atoms with E-state index in [1.807, 2.05) is 19.1 Å². The Morgan fingerprint density at radius 2 is 2.06 bits per heavy atom. The minimum atomic E-state index is -0.593. The molecule has 0 bridgehead atoms. The molecule has 1 fully saturated rings. The molecule has 0 aliphatic carbocycles. The van der Waals surface area contributed by atoms with E-state index in [-0.39, 0.29) is 0 Å². The number of benzene rings is 1. The normalized spacial score (nSPS) is 25.3. The van der Waals surface area contributed by atoms with Gasteiger partial charge in [0.2, 0.25) is 0 Å². The molecule has 88 valence electrons. The number of hydrogen-bond acceptors (Lipinski definition) is 3. The van der Waals surface area contributed by atoms with E-state index in [1.54, 1.807) is 0 Å². The summed E-state index contributed by atoms with van der Waals surface area (Å²) in [7, 11) is -0.593. The number of rotatable bonds is 2. The van der Waals surface area contributed by atoms with Gasteiger partial charge < -0.3 is 11.1 Å². The fourth-order valence-corrected chi connectivity index (χ4v) is 3.27. The Morgan fingerprint density at radius 1 is 1.38 bits per heavy atom. The highest BCUT2D eigenvalue weighted by Gasteiger charge is 2.18. The highest BCUT2D eigenvalue weighted by Crippen LogP contribution is 2.23. The van der Waals surface area contributed by atoms with Crippen LogP contribution in [0, 0.1) is 6.92 Å². The van der Waals surface area contributed by atoms with E-state index in [0.717, 1.165) is 41.3 Å². The number of nitrogens with two attached hydrogens (primary N) is 1. The monoisotopic (exact) mass is 238 g/mol. The Bertz CT molecular complexity index is 396. The number of nitrogen functional groups attached to an aromatic ring is 1. The maximum absolute atomic E-state index is 11.2. The van der Waals surface area contributed by atoms with Crippen LogP contribution in [-0.4, -0.2) is 21.8 Å². The predicted octanol–water partition coefficient (Wildman–Crippen LogP) is 1.90. The van der Waals surface area contributed by atoms with E-state index in [1.165, 1.54) is 0 Å². The van der Waals surface area contributed by atoms with Crippen molar-refractivity contribution >= 4 is 22.2 Å². The fourth-order valence-electron chi connectivity index (χ4n) is 1.97.